The van der Waals surface area contributed by atoms with E-state index in [2.05, 4.69) is 0 Å². The Morgan fingerprint density at radius 2 is 1.91 bits per heavy atom. The largest absolute Gasteiger partial charge is 0.440 e. The number of benzene rings is 1. The SMILES string of the molecule is Cc1ccc(C2C(C#N)=C(N)Oc3cc(C)oc(=O)c32)cc1. The summed E-state index contributed by atoms with van der Waals surface area (Å²) in [6, 6.07) is 11.3. The number of hydrogen-bond donors (Lipinski definition) is 1. The van der Waals surface area contributed by atoms with Gasteiger partial charge in [0.1, 0.15) is 23.2 Å². The van der Waals surface area contributed by atoms with E-state index < -0.39 is 11.5 Å². The van der Waals surface area contributed by atoms with Gasteiger partial charge in [0.2, 0.25) is 5.88 Å². The van der Waals surface area contributed by atoms with E-state index in [0.29, 0.717) is 17.1 Å². The maximum Gasteiger partial charge on any atom is 0.343 e. The molecule has 110 valence electrons. The number of nitrogens with zero attached hydrogens (tertiary/aromatic N) is 1. The van der Waals surface area contributed by atoms with Gasteiger partial charge in [-0.05, 0) is 19.4 Å². The van der Waals surface area contributed by atoms with Gasteiger partial charge in [-0.1, -0.05) is 29.8 Å². The van der Waals surface area contributed by atoms with Crippen LogP contribution in [0.1, 0.15) is 28.4 Å². The van der Waals surface area contributed by atoms with E-state index in [4.69, 9.17) is 14.9 Å². The highest BCUT2D eigenvalue weighted by atomic mass is 16.5. The van der Waals surface area contributed by atoms with E-state index >= 15 is 0 Å². The highest BCUT2D eigenvalue weighted by molar-refractivity contribution is 5.54. The van der Waals surface area contributed by atoms with Gasteiger partial charge >= 0.3 is 5.63 Å². The van der Waals surface area contributed by atoms with E-state index in [9.17, 15) is 10.1 Å². The van der Waals surface area contributed by atoms with E-state index in [0.717, 1.165) is 11.1 Å². The number of rotatable bonds is 1. The average molecular weight is 294 g/mol. The molecule has 1 atom stereocenters. The molecule has 0 aliphatic carbocycles. The molecule has 1 aromatic carbocycles. The lowest BCUT2D eigenvalue weighted by Crippen LogP contribution is -2.26. The molecule has 0 spiro atoms. The average Bonchev–Trinajstić information content (AvgIpc) is 2.46. The summed E-state index contributed by atoms with van der Waals surface area (Å²) in [6.07, 6.45) is 0. The van der Waals surface area contributed by atoms with Gasteiger partial charge in [-0.3, -0.25) is 0 Å². The van der Waals surface area contributed by atoms with Gasteiger partial charge in [0.25, 0.3) is 0 Å². The van der Waals surface area contributed by atoms with Gasteiger partial charge in [-0.2, -0.15) is 5.26 Å². The summed E-state index contributed by atoms with van der Waals surface area (Å²) in [5.74, 6) is 0.215. The number of aryl methyl sites for hydroxylation is 2. The molecule has 0 saturated heterocycles. The number of fused-ring (bicyclic) bond motifs is 1. The molecule has 0 fully saturated rings. The minimum absolute atomic E-state index is 0.0191. The van der Waals surface area contributed by atoms with Crippen LogP contribution in [0.3, 0.4) is 0 Å². The maximum absolute atomic E-state index is 12.3. The summed E-state index contributed by atoms with van der Waals surface area (Å²) in [7, 11) is 0. The quantitative estimate of drug-likeness (QED) is 0.872. The minimum Gasteiger partial charge on any atom is -0.440 e. The van der Waals surface area contributed by atoms with Crippen LogP contribution < -0.4 is 16.1 Å². The third-order valence-corrected chi connectivity index (χ3v) is 3.67. The summed E-state index contributed by atoms with van der Waals surface area (Å²) in [5.41, 5.74) is 7.75. The van der Waals surface area contributed by atoms with Crippen LogP contribution in [0.4, 0.5) is 0 Å². The summed E-state index contributed by atoms with van der Waals surface area (Å²) >= 11 is 0. The Labute approximate surface area is 127 Å². The molecule has 0 saturated carbocycles. The molecule has 2 aromatic rings. The molecular formula is C17H14N2O3. The predicted octanol–water partition coefficient (Wildman–Crippen LogP) is 2.47. The Hall–Kier alpha value is -3.00. The number of nitrogens with two attached hydrogens (primary N) is 1. The van der Waals surface area contributed by atoms with E-state index in [-0.39, 0.29) is 11.5 Å². The zero-order chi connectivity index (χ0) is 15.9. The predicted molar refractivity (Wildman–Crippen MR) is 80.2 cm³/mol. The molecule has 5 heteroatoms. The standard InChI is InChI=1S/C17H14N2O3/c1-9-3-5-11(6-4-9)14-12(8-18)16(19)22-13-7-10(2)21-17(20)15(13)14/h3-7,14H,19H2,1-2H3. The molecule has 1 aromatic heterocycles. The lowest BCUT2D eigenvalue weighted by Gasteiger charge is -2.25. The first-order valence-electron chi connectivity index (χ1n) is 6.80. The van der Waals surface area contributed by atoms with Crippen molar-refractivity contribution in [2.24, 2.45) is 5.73 Å². The fraction of sp³-hybridized carbons (Fsp3) is 0.176. The number of hydrogen-bond acceptors (Lipinski definition) is 5. The van der Waals surface area contributed by atoms with Crippen molar-refractivity contribution < 1.29 is 9.15 Å². The maximum atomic E-state index is 12.3. The Bertz CT molecular complexity index is 870. The van der Waals surface area contributed by atoms with Crippen molar-refractivity contribution in [2.75, 3.05) is 0 Å². The molecule has 0 bridgehead atoms. The van der Waals surface area contributed by atoms with Crippen LogP contribution in [-0.2, 0) is 0 Å². The Balaban J connectivity index is 2.29. The fourth-order valence-corrected chi connectivity index (χ4v) is 2.61. The summed E-state index contributed by atoms with van der Waals surface area (Å²) in [4.78, 5) is 12.3. The smallest absolute Gasteiger partial charge is 0.343 e. The first-order chi connectivity index (χ1) is 10.5. The highest BCUT2D eigenvalue weighted by Crippen LogP contribution is 2.40. The van der Waals surface area contributed by atoms with E-state index in [1.165, 1.54) is 0 Å². The molecule has 0 radical (unpaired) electrons. The first kappa shape index (κ1) is 14.0. The number of nitriles is 1. The molecule has 1 unspecified atom stereocenters. The fourth-order valence-electron chi connectivity index (χ4n) is 2.61. The van der Waals surface area contributed by atoms with Crippen LogP contribution in [0.25, 0.3) is 0 Å². The van der Waals surface area contributed by atoms with Crippen LogP contribution in [-0.4, -0.2) is 0 Å². The van der Waals surface area contributed by atoms with Gasteiger partial charge in [0.05, 0.1) is 11.5 Å². The van der Waals surface area contributed by atoms with Crippen LogP contribution >= 0.6 is 0 Å². The van der Waals surface area contributed by atoms with Gasteiger partial charge < -0.3 is 14.9 Å². The van der Waals surface area contributed by atoms with Crippen LogP contribution in [0, 0.1) is 25.2 Å². The normalized spacial score (nSPS) is 16.7. The van der Waals surface area contributed by atoms with Crippen molar-refractivity contribution in [1.82, 2.24) is 0 Å². The molecule has 1 aliphatic rings. The van der Waals surface area contributed by atoms with Crippen molar-refractivity contribution in [1.29, 1.82) is 5.26 Å². The van der Waals surface area contributed by atoms with Crippen molar-refractivity contribution in [3.05, 3.63) is 74.7 Å². The molecule has 1 aliphatic heterocycles. The number of allylic oxidation sites excluding steroid dienone is 1. The van der Waals surface area contributed by atoms with Gasteiger partial charge in [0.15, 0.2) is 0 Å². The second-order valence-corrected chi connectivity index (χ2v) is 5.26. The second-order valence-electron chi connectivity index (χ2n) is 5.26. The summed E-state index contributed by atoms with van der Waals surface area (Å²) in [6.45, 7) is 3.63. The molecule has 5 nitrogen and oxygen atoms in total. The molecule has 3 rings (SSSR count). The lowest BCUT2D eigenvalue weighted by atomic mass is 9.84. The van der Waals surface area contributed by atoms with Gasteiger partial charge in [-0.25, -0.2) is 4.79 Å². The van der Waals surface area contributed by atoms with Crippen LogP contribution in [0.5, 0.6) is 5.75 Å². The first-order valence-corrected chi connectivity index (χ1v) is 6.80. The zero-order valence-corrected chi connectivity index (χ0v) is 12.2. The zero-order valence-electron chi connectivity index (χ0n) is 12.2. The Morgan fingerprint density at radius 1 is 1.23 bits per heavy atom. The van der Waals surface area contributed by atoms with Crippen LogP contribution in [0.15, 0.2) is 51.0 Å². The summed E-state index contributed by atoms with van der Waals surface area (Å²) in [5, 5.41) is 9.42. The highest BCUT2D eigenvalue weighted by Gasteiger charge is 2.34. The second kappa shape index (κ2) is 5.08. The third-order valence-electron chi connectivity index (χ3n) is 3.67. The van der Waals surface area contributed by atoms with Crippen LogP contribution in [0.2, 0.25) is 0 Å². The number of ether oxygens (including phenoxy) is 1. The third kappa shape index (κ3) is 2.15. The summed E-state index contributed by atoms with van der Waals surface area (Å²) < 4.78 is 10.6. The Morgan fingerprint density at radius 3 is 2.55 bits per heavy atom. The van der Waals surface area contributed by atoms with Crippen molar-refractivity contribution in [3.63, 3.8) is 0 Å². The molecule has 2 N–H and O–H groups in total. The van der Waals surface area contributed by atoms with Gasteiger partial charge in [-0.15, -0.1) is 0 Å². The van der Waals surface area contributed by atoms with Crippen molar-refractivity contribution in [3.8, 4) is 11.8 Å². The van der Waals surface area contributed by atoms with E-state index in [1.54, 1.807) is 13.0 Å². The van der Waals surface area contributed by atoms with E-state index in [1.807, 2.05) is 37.3 Å². The molecule has 22 heavy (non-hydrogen) atoms. The monoisotopic (exact) mass is 294 g/mol. The molecule has 0 amide bonds. The molecular weight excluding hydrogens is 280 g/mol. The topological polar surface area (TPSA) is 89.2 Å². The lowest BCUT2D eigenvalue weighted by molar-refractivity contribution is 0.371. The molecule has 2 heterocycles. The van der Waals surface area contributed by atoms with Crippen molar-refractivity contribution >= 4 is 0 Å². The Kier molecular flexibility index (Phi) is 3.22. The van der Waals surface area contributed by atoms with Crippen molar-refractivity contribution in [2.45, 2.75) is 19.8 Å². The minimum atomic E-state index is -0.578. The van der Waals surface area contributed by atoms with Gasteiger partial charge in [0, 0.05) is 6.07 Å².